The standard InChI is InChI=1S/C26H31NO7/c1-26(2,3)34-25(31)27-22(24(29)30)16-32-14-8-13-23(28)33-15-21-19-11-6-4-9-17(19)18-10-5-7-12-20(18)21/h4-7,9-12,21-22H,8,13-16H2,1-3H3,(H,27,31)(H,29,30)/t22-/m0/s1. The van der Waals surface area contributed by atoms with Crippen molar-refractivity contribution in [3.8, 4) is 11.1 Å². The topological polar surface area (TPSA) is 111 Å². The van der Waals surface area contributed by atoms with Crippen LogP contribution in [0.5, 0.6) is 0 Å². The highest BCUT2D eigenvalue weighted by molar-refractivity contribution is 5.80. The summed E-state index contributed by atoms with van der Waals surface area (Å²) in [6.45, 7) is 5.23. The van der Waals surface area contributed by atoms with Crippen LogP contribution in [0.2, 0.25) is 0 Å². The molecule has 0 spiro atoms. The van der Waals surface area contributed by atoms with Crippen LogP contribution in [0.15, 0.2) is 48.5 Å². The van der Waals surface area contributed by atoms with Crippen LogP contribution in [0.1, 0.15) is 50.7 Å². The zero-order valence-corrected chi connectivity index (χ0v) is 19.7. The van der Waals surface area contributed by atoms with Crippen molar-refractivity contribution in [2.24, 2.45) is 0 Å². The largest absolute Gasteiger partial charge is 0.480 e. The molecule has 0 saturated carbocycles. The van der Waals surface area contributed by atoms with E-state index in [1.807, 2.05) is 24.3 Å². The Morgan fingerprint density at radius 3 is 2.15 bits per heavy atom. The van der Waals surface area contributed by atoms with E-state index in [0.717, 1.165) is 11.1 Å². The van der Waals surface area contributed by atoms with Crippen molar-refractivity contribution in [1.82, 2.24) is 5.32 Å². The lowest BCUT2D eigenvalue weighted by Gasteiger charge is -2.22. The molecule has 0 heterocycles. The molecule has 1 atom stereocenters. The lowest BCUT2D eigenvalue weighted by molar-refractivity contribution is -0.145. The second kappa shape index (κ2) is 11.2. The van der Waals surface area contributed by atoms with Crippen molar-refractivity contribution in [3.05, 3.63) is 59.7 Å². The summed E-state index contributed by atoms with van der Waals surface area (Å²) in [4.78, 5) is 35.4. The lowest BCUT2D eigenvalue weighted by Crippen LogP contribution is -2.46. The van der Waals surface area contributed by atoms with Crippen molar-refractivity contribution in [2.75, 3.05) is 19.8 Å². The molecule has 182 valence electrons. The fourth-order valence-electron chi connectivity index (χ4n) is 3.83. The van der Waals surface area contributed by atoms with Crippen LogP contribution in [0, 0.1) is 0 Å². The molecule has 8 heteroatoms. The van der Waals surface area contributed by atoms with Crippen LogP contribution < -0.4 is 5.32 Å². The number of carbonyl (C=O) groups excluding carboxylic acids is 2. The van der Waals surface area contributed by atoms with Crippen molar-refractivity contribution in [3.63, 3.8) is 0 Å². The Labute approximate surface area is 199 Å². The van der Waals surface area contributed by atoms with Gasteiger partial charge in [-0.3, -0.25) is 4.79 Å². The predicted octanol–water partition coefficient (Wildman–Crippen LogP) is 4.12. The number of aliphatic carboxylic acids is 1. The first-order valence-corrected chi connectivity index (χ1v) is 11.3. The van der Waals surface area contributed by atoms with Gasteiger partial charge in [0, 0.05) is 18.9 Å². The first-order chi connectivity index (χ1) is 16.2. The molecule has 1 aliphatic carbocycles. The molecule has 0 aromatic heterocycles. The SMILES string of the molecule is CC(C)(C)OC(=O)N[C@@H](COCCCC(=O)OCC1c2ccccc2-c2ccccc21)C(=O)O. The summed E-state index contributed by atoms with van der Waals surface area (Å²) >= 11 is 0. The van der Waals surface area contributed by atoms with E-state index in [1.54, 1.807) is 20.8 Å². The minimum absolute atomic E-state index is 0.00264. The maximum absolute atomic E-state index is 12.3. The summed E-state index contributed by atoms with van der Waals surface area (Å²) in [7, 11) is 0. The van der Waals surface area contributed by atoms with E-state index in [1.165, 1.54) is 11.1 Å². The molecule has 2 N–H and O–H groups in total. The number of benzene rings is 2. The van der Waals surface area contributed by atoms with Crippen molar-refractivity contribution >= 4 is 18.0 Å². The molecule has 2 aromatic carbocycles. The molecular formula is C26H31NO7. The number of fused-ring (bicyclic) bond motifs is 3. The first-order valence-electron chi connectivity index (χ1n) is 11.3. The van der Waals surface area contributed by atoms with E-state index in [0.29, 0.717) is 6.42 Å². The van der Waals surface area contributed by atoms with Crippen LogP contribution >= 0.6 is 0 Å². The molecule has 0 unspecified atom stereocenters. The monoisotopic (exact) mass is 469 g/mol. The second-order valence-corrected chi connectivity index (χ2v) is 9.13. The van der Waals surface area contributed by atoms with Gasteiger partial charge in [0.05, 0.1) is 6.61 Å². The number of ether oxygens (including phenoxy) is 3. The molecule has 8 nitrogen and oxygen atoms in total. The minimum atomic E-state index is -1.25. The number of hydrogen-bond acceptors (Lipinski definition) is 6. The van der Waals surface area contributed by atoms with Crippen LogP contribution in [-0.4, -0.2) is 54.6 Å². The molecule has 0 aliphatic heterocycles. The van der Waals surface area contributed by atoms with Crippen LogP contribution in [-0.2, 0) is 23.8 Å². The number of rotatable bonds is 10. The fraction of sp³-hybridized carbons (Fsp3) is 0.423. The highest BCUT2D eigenvalue weighted by Gasteiger charge is 2.29. The van der Waals surface area contributed by atoms with Crippen molar-refractivity contribution < 1.29 is 33.7 Å². The molecule has 2 aromatic rings. The van der Waals surface area contributed by atoms with Gasteiger partial charge in [-0.1, -0.05) is 48.5 Å². The second-order valence-electron chi connectivity index (χ2n) is 9.13. The van der Waals surface area contributed by atoms with Crippen molar-refractivity contribution in [1.29, 1.82) is 0 Å². The number of alkyl carbamates (subject to hydrolysis) is 1. The Morgan fingerprint density at radius 1 is 1.00 bits per heavy atom. The number of carbonyl (C=O) groups is 3. The van der Waals surface area contributed by atoms with Gasteiger partial charge in [0.15, 0.2) is 6.04 Å². The third-order valence-electron chi connectivity index (χ3n) is 5.32. The van der Waals surface area contributed by atoms with Crippen LogP contribution in [0.3, 0.4) is 0 Å². The zero-order chi connectivity index (χ0) is 24.7. The number of hydrogen-bond donors (Lipinski definition) is 2. The Bertz CT molecular complexity index is 982. The zero-order valence-electron chi connectivity index (χ0n) is 19.7. The van der Waals surface area contributed by atoms with E-state index < -0.39 is 23.7 Å². The Morgan fingerprint density at radius 2 is 1.59 bits per heavy atom. The summed E-state index contributed by atoms with van der Waals surface area (Å²) in [6, 6.07) is 15.0. The van der Waals surface area contributed by atoms with E-state index in [4.69, 9.17) is 14.2 Å². The van der Waals surface area contributed by atoms with Gasteiger partial charge in [0.1, 0.15) is 12.2 Å². The number of esters is 1. The maximum Gasteiger partial charge on any atom is 0.408 e. The highest BCUT2D eigenvalue weighted by atomic mass is 16.6. The van der Waals surface area contributed by atoms with Gasteiger partial charge in [0.2, 0.25) is 0 Å². The summed E-state index contributed by atoms with van der Waals surface area (Å²) in [5.74, 6) is -1.57. The molecule has 1 aliphatic rings. The normalized spacial score (nSPS) is 13.5. The molecule has 34 heavy (non-hydrogen) atoms. The number of amides is 1. The molecular weight excluding hydrogens is 438 g/mol. The first kappa shape index (κ1) is 25.2. The quantitative estimate of drug-likeness (QED) is 0.398. The lowest BCUT2D eigenvalue weighted by atomic mass is 9.98. The van der Waals surface area contributed by atoms with Crippen LogP contribution in [0.25, 0.3) is 11.1 Å². The average molecular weight is 470 g/mol. The number of carboxylic acid groups (broad SMARTS) is 1. The third kappa shape index (κ3) is 6.81. The van der Waals surface area contributed by atoms with Crippen LogP contribution in [0.4, 0.5) is 4.79 Å². The summed E-state index contributed by atoms with van der Waals surface area (Å²) in [5.41, 5.74) is 3.90. The third-order valence-corrected chi connectivity index (χ3v) is 5.32. The van der Waals surface area contributed by atoms with Gasteiger partial charge in [0.25, 0.3) is 0 Å². The Balaban J connectivity index is 1.40. The Hall–Kier alpha value is -3.39. The van der Waals surface area contributed by atoms with Crippen molar-refractivity contribution in [2.45, 2.75) is 51.2 Å². The van der Waals surface area contributed by atoms with E-state index in [2.05, 4.69) is 29.6 Å². The molecule has 3 rings (SSSR count). The molecule has 0 fully saturated rings. The smallest absolute Gasteiger partial charge is 0.408 e. The minimum Gasteiger partial charge on any atom is -0.480 e. The van der Waals surface area contributed by atoms with Gasteiger partial charge < -0.3 is 24.6 Å². The van der Waals surface area contributed by atoms with Gasteiger partial charge in [-0.15, -0.1) is 0 Å². The van der Waals surface area contributed by atoms with E-state index >= 15 is 0 Å². The molecule has 0 radical (unpaired) electrons. The number of carboxylic acids is 1. The molecule has 0 bridgehead atoms. The van der Waals surface area contributed by atoms with E-state index in [-0.39, 0.29) is 38.1 Å². The van der Waals surface area contributed by atoms with E-state index in [9.17, 15) is 19.5 Å². The molecule has 0 saturated heterocycles. The maximum atomic E-state index is 12.3. The highest BCUT2D eigenvalue weighted by Crippen LogP contribution is 2.44. The van der Waals surface area contributed by atoms with Gasteiger partial charge >= 0.3 is 18.0 Å². The number of nitrogens with one attached hydrogen (secondary N) is 1. The van der Waals surface area contributed by atoms with Gasteiger partial charge in [-0.25, -0.2) is 9.59 Å². The van der Waals surface area contributed by atoms with Gasteiger partial charge in [-0.2, -0.15) is 0 Å². The van der Waals surface area contributed by atoms with Gasteiger partial charge in [-0.05, 0) is 49.4 Å². The fourth-order valence-corrected chi connectivity index (χ4v) is 3.83. The Kier molecular flexibility index (Phi) is 8.28. The summed E-state index contributed by atoms with van der Waals surface area (Å²) in [5, 5.41) is 11.5. The predicted molar refractivity (Wildman–Crippen MR) is 126 cm³/mol. The summed E-state index contributed by atoms with van der Waals surface area (Å²) < 4.78 is 16.0. The molecule has 1 amide bonds. The average Bonchev–Trinajstić information content (AvgIpc) is 3.09. The summed E-state index contributed by atoms with van der Waals surface area (Å²) in [6.07, 6.45) is -0.315.